The molecule has 1 amide bonds. The number of esters is 4. The number of amides is 1. The van der Waals surface area contributed by atoms with Crippen LogP contribution >= 0.6 is 0 Å². The van der Waals surface area contributed by atoms with Crippen LogP contribution in [0.25, 0.3) is 0 Å². The highest BCUT2D eigenvalue weighted by molar-refractivity contribution is 5.81. The number of rotatable bonds is 7. The molecule has 37 heavy (non-hydrogen) atoms. The SMILES string of the molecule is CC(=O)OC[C@H]1O[C@H](NC(=O)[C@@H]2CC[C@H]3OC(C)(C)O[C@H]3O2)[C@@H](OC(C)=O)[C@@H](OC(C)=O)[C@H]1OC(C)=O. The molecule has 3 heterocycles. The fraction of sp³-hybridized carbons (Fsp3) is 0.783. The Morgan fingerprint density at radius 2 is 1.38 bits per heavy atom. The highest BCUT2D eigenvalue weighted by Gasteiger charge is 2.53. The van der Waals surface area contributed by atoms with Crippen molar-refractivity contribution in [1.82, 2.24) is 5.32 Å². The molecule has 0 saturated carbocycles. The molecule has 3 rings (SSSR count). The van der Waals surface area contributed by atoms with Gasteiger partial charge < -0.3 is 43.2 Å². The van der Waals surface area contributed by atoms with Crippen molar-refractivity contribution < 1.29 is 61.9 Å². The minimum atomic E-state index is -1.41. The van der Waals surface area contributed by atoms with Gasteiger partial charge in [-0.2, -0.15) is 0 Å². The van der Waals surface area contributed by atoms with Gasteiger partial charge in [0.2, 0.25) is 0 Å². The van der Waals surface area contributed by atoms with Gasteiger partial charge in [-0.25, -0.2) is 0 Å². The number of nitrogens with one attached hydrogen (secondary N) is 1. The maximum atomic E-state index is 13.2. The van der Waals surface area contributed by atoms with E-state index in [4.69, 9.17) is 37.9 Å². The van der Waals surface area contributed by atoms with Crippen molar-refractivity contribution in [3.05, 3.63) is 0 Å². The maximum Gasteiger partial charge on any atom is 0.303 e. The minimum Gasteiger partial charge on any atom is -0.463 e. The first-order valence-electron chi connectivity index (χ1n) is 11.9. The number of fused-ring (bicyclic) bond motifs is 1. The van der Waals surface area contributed by atoms with Crippen molar-refractivity contribution in [2.24, 2.45) is 0 Å². The van der Waals surface area contributed by atoms with Crippen molar-refractivity contribution >= 4 is 29.8 Å². The van der Waals surface area contributed by atoms with E-state index in [-0.39, 0.29) is 6.10 Å². The van der Waals surface area contributed by atoms with Crippen LogP contribution in [0.5, 0.6) is 0 Å². The van der Waals surface area contributed by atoms with Crippen LogP contribution in [0.4, 0.5) is 0 Å². The Bertz CT molecular complexity index is 905. The Labute approximate surface area is 213 Å². The molecule has 0 radical (unpaired) electrons. The van der Waals surface area contributed by atoms with Crippen molar-refractivity contribution in [3.8, 4) is 0 Å². The van der Waals surface area contributed by atoms with Crippen LogP contribution in [0, 0.1) is 0 Å². The minimum absolute atomic E-state index is 0.303. The number of carbonyl (C=O) groups excluding carboxylic acids is 5. The largest absolute Gasteiger partial charge is 0.463 e. The Hall–Kier alpha value is -2.81. The highest BCUT2D eigenvalue weighted by atomic mass is 16.8. The fourth-order valence-corrected chi connectivity index (χ4v) is 4.43. The first-order chi connectivity index (χ1) is 17.3. The summed E-state index contributed by atoms with van der Waals surface area (Å²) in [5.74, 6) is -4.44. The van der Waals surface area contributed by atoms with Gasteiger partial charge in [-0.3, -0.25) is 24.0 Å². The van der Waals surface area contributed by atoms with Gasteiger partial charge in [0.25, 0.3) is 5.91 Å². The van der Waals surface area contributed by atoms with E-state index in [2.05, 4.69) is 5.32 Å². The zero-order chi connectivity index (χ0) is 27.5. The summed E-state index contributed by atoms with van der Waals surface area (Å²) in [7, 11) is 0. The molecular weight excluding hydrogens is 498 g/mol. The molecule has 3 saturated heterocycles. The predicted octanol–water partition coefficient (Wildman–Crippen LogP) is -0.158. The smallest absolute Gasteiger partial charge is 0.303 e. The Morgan fingerprint density at radius 3 is 1.97 bits per heavy atom. The van der Waals surface area contributed by atoms with Crippen LogP contribution in [0.3, 0.4) is 0 Å². The quantitative estimate of drug-likeness (QED) is 0.340. The first kappa shape index (κ1) is 28.8. The van der Waals surface area contributed by atoms with Crippen molar-refractivity contribution in [2.45, 2.75) is 109 Å². The lowest BCUT2D eigenvalue weighted by Gasteiger charge is -2.44. The first-order valence-corrected chi connectivity index (χ1v) is 11.9. The Balaban J connectivity index is 1.84. The second-order valence-corrected chi connectivity index (χ2v) is 9.37. The van der Waals surface area contributed by atoms with Crippen LogP contribution in [-0.4, -0.2) is 91.3 Å². The third-order valence-electron chi connectivity index (χ3n) is 5.72. The third-order valence-corrected chi connectivity index (χ3v) is 5.72. The van der Waals surface area contributed by atoms with Gasteiger partial charge in [-0.05, 0) is 26.7 Å². The van der Waals surface area contributed by atoms with E-state index < -0.39 is 85.2 Å². The van der Waals surface area contributed by atoms with Gasteiger partial charge in [-0.1, -0.05) is 0 Å². The molecule has 14 nitrogen and oxygen atoms in total. The van der Waals surface area contributed by atoms with Crippen molar-refractivity contribution in [2.75, 3.05) is 6.61 Å². The summed E-state index contributed by atoms with van der Waals surface area (Å²) in [6, 6.07) is 0. The van der Waals surface area contributed by atoms with Crippen LogP contribution in [0.1, 0.15) is 54.4 Å². The van der Waals surface area contributed by atoms with Crippen molar-refractivity contribution in [3.63, 3.8) is 0 Å². The zero-order valence-electron chi connectivity index (χ0n) is 21.5. The standard InChI is InChI=1S/C23H33NO13/c1-10(25)30-9-16-17(31-11(2)26)18(32-12(3)27)19(33-13(4)28)21(34-16)24-20(29)14-7-8-15-22(35-14)37-23(5,6)36-15/h14-19,21-22H,7-9H2,1-6H3,(H,24,29)/t14-,15+,16+,17-,18-,19-,21-,22+/m0/s1. The molecule has 0 unspecified atom stereocenters. The number of ether oxygens (including phenoxy) is 8. The van der Waals surface area contributed by atoms with E-state index in [1.807, 2.05) is 0 Å². The van der Waals surface area contributed by atoms with Gasteiger partial charge in [0.1, 0.15) is 24.9 Å². The second-order valence-electron chi connectivity index (χ2n) is 9.37. The van der Waals surface area contributed by atoms with E-state index in [1.165, 1.54) is 0 Å². The topological polar surface area (TPSA) is 171 Å². The molecule has 0 bridgehead atoms. The molecule has 8 atom stereocenters. The summed E-state index contributed by atoms with van der Waals surface area (Å²) in [6.07, 6.45) is -7.94. The van der Waals surface area contributed by atoms with E-state index in [0.717, 1.165) is 27.7 Å². The lowest BCUT2D eigenvalue weighted by atomic mass is 9.96. The van der Waals surface area contributed by atoms with Crippen LogP contribution < -0.4 is 5.32 Å². The van der Waals surface area contributed by atoms with Gasteiger partial charge in [0, 0.05) is 27.7 Å². The number of carbonyl (C=O) groups is 5. The van der Waals surface area contributed by atoms with E-state index in [1.54, 1.807) is 13.8 Å². The van der Waals surface area contributed by atoms with Crippen molar-refractivity contribution in [1.29, 1.82) is 0 Å². The molecule has 0 aliphatic carbocycles. The fourth-order valence-electron chi connectivity index (χ4n) is 4.43. The summed E-state index contributed by atoms with van der Waals surface area (Å²) in [5.41, 5.74) is 0. The Kier molecular flexibility index (Phi) is 9.10. The highest BCUT2D eigenvalue weighted by Crippen LogP contribution is 2.36. The van der Waals surface area contributed by atoms with Crippen LogP contribution in [0.2, 0.25) is 0 Å². The molecule has 208 valence electrons. The third kappa shape index (κ3) is 7.60. The van der Waals surface area contributed by atoms with E-state index in [0.29, 0.717) is 12.8 Å². The second kappa shape index (κ2) is 11.7. The van der Waals surface area contributed by atoms with Gasteiger partial charge in [0.15, 0.2) is 36.6 Å². The summed E-state index contributed by atoms with van der Waals surface area (Å²) >= 11 is 0. The zero-order valence-corrected chi connectivity index (χ0v) is 21.5. The van der Waals surface area contributed by atoms with E-state index in [9.17, 15) is 24.0 Å². The molecule has 0 spiro atoms. The van der Waals surface area contributed by atoms with Crippen LogP contribution in [-0.2, 0) is 61.9 Å². The van der Waals surface area contributed by atoms with Crippen LogP contribution in [0.15, 0.2) is 0 Å². The average Bonchev–Trinajstić information content (AvgIpc) is 3.08. The summed E-state index contributed by atoms with van der Waals surface area (Å²) in [5, 5.41) is 2.61. The molecule has 0 aromatic heterocycles. The molecule has 14 heteroatoms. The molecule has 1 N–H and O–H groups in total. The predicted molar refractivity (Wildman–Crippen MR) is 118 cm³/mol. The summed E-state index contributed by atoms with van der Waals surface area (Å²) in [4.78, 5) is 60.3. The molecule has 3 aliphatic heterocycles. The van der Waals surface area contributed by atoms with Gasteiger partial charge >= 0.3 is 23.9 Å². The normalized spacial score (nSPS) is 34.4. The lowest BCUT2D eigenvalue weighted by molar-refractivity contribution is -0.258. The number of hydrogen-bond donors (Lipinski definition) is 1. The monoisotopic (exact) mass is 531 g/mol. The van der Waals surface area contributed by atoms with Gasteiger partial charge in [0.05, 0.1) is 0 Å². The van der Waals surface area contributed by atoms with Gasteiger partial charge in [-0.15, -0.1) is 0 Å². The summed E-state index contributed by atoms with van der Waals surface area (Å²) < 4.78 is 44.2. The Morgan fingerprint density at radius 1 is 0.784 bits per heavy atom. The molecule has 0 aromatic rings. The molecule has 0 aromatic carbocycles. The lowest BCUT2D eigenvalue weighted by Crippen LogP contribution is -2.67. The molecular formula is C23H33NO13. The number of hydrogen-bond acceptors (Lipinski definition) is 13. The van der Waals surface area contributed by atoms with E-state index >= 15 is 0 Å². The maximum absolute atomic E-state index is 13.2. The molecule has 3 aliphatic rings. The average molecular weight is 532 g/mol. The molecule has 3 fully saturated rings. The summed E-state index contributed by atoms with van der Waals surface area (Å²) in [6.45, 7) is 7.57.